The number of aromatic nitrogens is 1. The van der Waals surface area contributed by atoms with Crippen LogP contribution in [0, 0.1) is 41.9 Å². The predicted octanol–water partition coefficient (Wildman–Crippen LogP) is 3.43. The highest BCUT2D eigenvalue weighted by atomic mass is 16.5. The van der Waals surface area contributed by atoms with Crippen LogP contribution in [-0.4, -0.2) is 95.6 Å². The largest absolute Gasteiger partial charge is 0.361 e. The van der Waals surface area contributed by atoms with Crippen LogP contribution < -0.4 is 37.2 Å². The van der Waals surface area contributed by atoms with Gasteiger partial charge in [0, 0.05) is 30.1 Å². The molecule has 0 aliphatic carbocycles. The number of H-pyrrole nitrogens is 1. The first-order valence-electron chi connectivity index (χ1n) is 22.0. The number of aromatic amines is 1. The minimum absolute atomic E-state index is 0.0488. The Labute approximate surface area is 362 Å². The van der Waals surface area contributed by atoms with Gasteiger partial charge in [0.25, 0.3) is 0 Å². The molecule has 1 aliphatic rings. The molecule has 8 N–H and O–H groups in total. The second-order valence-corrected chi connectivity index (χ2v) is 18.0. The van der Waals surface area contributed by atoms with Crippen LogP contribution in [0.3, 0.4) is 0 Å². The monoisotopic (exact) mass is 849 g/mol. The number of benzene rings is 1. The third-order valence-corrected chi connectivity index (χ3v) is 11.0. The molecule has 15 nitrogen and oxygen atoms in total. The van der Waals surface area contributed by atoms with Crippen molar-refractivity contribution in [2.45, 2.75) is 157 Å². The SMILES string of the molecule is C#C[C@@H]1NC(OCCCCC)[C@H](C(C)C)NC(=O)[C@@H](C(C)C)NC(=O)[C@H](C(C)C)NC(=O)[C@@H](CC(C)C)NC(=O)[C@H](Cc2c[nH]c3ccccc23)NC(=O)[C@@H](C(C)C)NC1=O. The highest BCUT2D eigenvalue weighted by molar-refractivity contribution is 5.97. The molecule has 6 amide bonds. The Kier molecular flexibility index (Phi) is 19.7. The van der Waals surface area contributed by atoms with Crippen LogP contribution >= 0.6 is 0 Å². The number of rotatable bonds is 13. The molecule has 0 radical (unpaired) electrons. The lowest BCUT2D eigenvalue weighted by Crippen LogP contribution is -2.63. The number of ether oxygens (including phenoxy) is 1. The standard InChI is InChI=1S/C46H72N8O7/c1-13-15-18-21-61-46-39(29(11)12)54-45(60)38(28(9)10)53-44(59)37(27(7)8)52-42(57)34(22-25(3)4)48-41(56)35(23-30-24-47-33-20-17-16-19-31(30)33)49-43(58)36(26(5)6)51-40(55)32(14-2)50-46/h2,16-17,19-20,24-29,32,34-39,46-47,50H,13,15,18,21-23H2,1,3-12H3,(H,48,56)(H,49,58)(H,51,55)(H,52,57)(H,53,59)(H,54,60)/t32-,34+,35-,36+,37-,38+,39-,46?/m0/s1. The molecule has 1 saturated heterocycles. The summed E-state index contributed by atoms with van der Waals surface area (Å²) in [6, 6.07) is 0.0310. The van der Waals surface area contributed by atoms with Crippen molar-refractivity contribution in [3.05, 3.63) is 36.0 Å². The molecule has 1 aromatic carbocycles. The van der Waals surface area contributed by atoms with Crippen LogP contribution in [0.15, 0.2) is 30.5 Å². The summed E-state index contributed by atoms with van der Waals surface area (Å²) in [7, 11) is 0. The average Bonchev–Trinajstić information content (AvgIpc) is 3.60. The summed E-state index contributed by atoms with van der Waals surface area (Å²) in [4.78, 5) is 88.4. The van der Waals surface area contributed by atoms with E-state index in [9.17, 15) is 28.8 Å². The fourth-order valence-electron chi connectivity index (χ4n) is 7.33. The van der Waals surface area contributed by atoms with E-state index in [0.717, 1.165) is 29.3 Å². The van der Waals surface area contributed by atoms with Crippen molar-refractivity contribution in [1.29, 1.82) is 0 Å². The molecule has 1 aliphatic heterocycles. The van der Waals surface area contributed by atoms with Crippen molar-refractivity contribution in [3.63, 3.8) is 0 Å². The maximum atomic E-state index is 14.4. The van der Waals surface area contributed by atoms with Crippen LogP contribution in [0.2, 0.25) is 0 Å². The third-order valence-electron chi connectivity index (χ3n) is 11.0. The number of hydrogen-bond acceptors (Lipinski definition) is 8. The molecule has 1 aromatic heterocycles. The van der Waals surface area contributed by atoms with E-state index in [4.69, 9.17) is 11.2 Å². The van der Waals surface area contributed by atoms with Gasteiger partial charge in [0.1, 0.15) is 36.4 Å². The van der Waals surface area contributed by atoms with Gasteiger partial charge in [-0.15, -0.1) is 6.42 Å². The minimum atomic E-state index is -1.30. The first kappa shape index (κ1) is 50.4. The second-order valence-electron chi connectivity index (χ2n) is 18.0. The summed E-state index contributed by atoms with van der Waals surface area (Å²) in [5, 5.41) is 21.3. The molecule has 2 heterocycles. The summed E-state index contributed by atoms with van der Waals surface area (Å²) in [5.74, 6) is -2.63. The molecule has 0 saturated carbocycles. The van der Waals surface area contributed by atoms with Crippen molar-refractivity contribution >= 4 is 46.3 Å². The fourth-order valence-corrected chi connectivity index (χ4v) is 7.33. The Morgan fingerprint density at radius 2 is 1.16 bits per heavy atom. The van der Waals surface area contributed by atoms with Gasteiger partial charge in [-0.3, -0.25) is 34.1 Å². The average molecular weight is 849 g/mol. The van der Waals surface area contributed by atoms with Gasteiger partial charge in [0.2, 0.25) is 35.4 Å². The summed E-state index contributed by atoms with van der Waals surface area (Å²) in [6.07, 6.45) is 9.62. The number of nitrogens with one attached hydrogen (secondary N) is 8. The molecular weight excluding hydrogens is 777 g/mol. The Morgan fingerprint density at radius 1 is 0.639 bits per heavy atom. The topological polar surface area (TPSA) is 212 Å². The van der Waals surface area contributed by atoms with E-state index < -0.39 is 95.8 Å². The first-order chi connectivity index (χ1) is 28.8. The fraction of sp³-hybridized carbons (Fsp3) is 0.652. The van der Waals surface area contributed by atoms with Crippen LogP contribution in [0.5, 0.6) is 0 Å². The van der Waals surface area contributed by atoms with Crippen LogP contribution in [-0.2, 0) is 39.9 Å². The molecular formula is C46H72N8O7. The van der Waals surface area contributed by atoms with Gasteiger partial charge in [-0.1, -0.05) is 113 Å². The van der Waals surface area contributed by atoms with Gasteiger partial charge < -0.3 is 41.6 Å². The van der Waals surface area contributed by atoms with Crippen LogP contribution in [0.25, 0.3) is 10.9 Å². The van der Waals surface area contributed by atoms with Crippen LogP contribution in [0.1, 0.15) is 107 Å². The zero-order valence-electron chi connectivity index (χ0n) is 38.1. The van der Waals surface area contributed by atoms with Crippen molar-refractivity contribution in [3.8, 4) is 12.3 Å². The number of hydrogen-bond donors (Lipinski definition) is 8. The van der Waals surface area contributed by atoms with Gasteiger partial charge in [-0.05, 0) is 54.1 Å². The quantitative estimate of drug-likeness (QED) is 0.110. The summed E-state index contributed by atoms with van der Waals surface area (Å²) >= 11 is 0. The zero-order valence-corrected chi connectivity index (χ0v) is 38.1. The van der Waals surface area contributed by atoms with Gasteiger partial charge in [0.05, 0.1) is 6.04 Å². The lowest BCUT2D eigenvalue weighted by Gasteiger charge is -2.35. The van der Waals surface area contributed by atoms with E-state index in [1.54, 1.807) is 47.7 Å². The van der Waals surface area contributed by atoms with E-state index in [1.807, 2.05) is 52.0 Å². The van der Waals surface area contributed by atoms with Crippen molar-refractivity contribution in [2.75, 3.05) is 6.61 Å². The smallest absolute Gasteiger partial charge is 0.250 e. The zero-order chi connectivity index (χ0) is 45.6. The van der Waals surface area contributed by atoms with E-state index in [-0.39, 0.29) is 30.6 Å². The molecule has 3 rings (SSSR count). The maximum absolute atomic E-state index is 14.4. The van der Waals surface area contributed by atoms with Gasteiger partial charge in [-0.25, -0.2) is 0 Å². The van der Waals surface area contributed by atoms with E-state index in [2.05, 4.69) is 55.0 Å². The van der Waals surface area contributed by atoms with Crippen molar-refractivity contribution < 1.29 is 33.5 Å². The Bertz CT molecular complexity index is 1830. The summed E-state index contributed by atoms with van der Waals surface area (Å²) < 4.78 is 6.33. The predicted molar refractivity (Wildman–Crippen MR) is 237 cm³/mol. The van der Waals surface area contributed by atoms with E-state index in [0.29, 0.717) is 13.0 Å². The highest BCUT2D eigenvalue weighted by Gasteiger charge is 2.38. The van der Waals surface area contributed by atoms with Gasteiger partial charge in [0.15, 0.2) is 6.04 Å². The molecule has 15 heteroatoms. The van der Waals surface area contributed by atoms with Gasteiger partial charge in [-0.2, -0.15) is 0 Å². The molecule has 1 unspecified atom stereocenters. The molecule has 0 bridgehead atoms. The summed E-state index contributed by atoms with van der Waals surface area (Å²) in [6.45, 7) is 20.6. The number of carbonyl (C=O) groups excluding carboxylic acids is 6. The second kappa shape index (κ2) is 23.9. The Morgan fingerprint density at radius 3 is 1.72 bits per heavy atom. The van der Waals surface area contributed by atoms with Gasteiger partial charge >= 0.3 is 0 Å². The van der Waals surface area contributed by atoms with Crippen LogP contribution in [0.4, 0.5) is 0 Å². The normalized spacial score (nSPS) is 25.8. The number of unbranched alkanes of at least 4 members (excludes halogenated alkanes) is 2. The van der Waals surface area contributed by atoms with E-state index in [1.165, 1.54) is 0 Å². The number of terminal acetylenes is 1. The molecule has 2 aromatic rings. The summed E-state index contributed by atoms with van der Waals surface area (Å²) in [5.41, 5.74) is 1.59. The molecule has 338 valence electrons. The lowest BCUT2D eigenvalue weighted by molar-refractivity contribution is -0.136. The van der Waals surface area contributed by atoms with Crippen molar-refractivity contribution in [2.24, 2.45) is 29.6 Å². The highest BCUT2D eigenvalue weighted by Crippen LogP contribution is 2.20. The minimum Gasteiger partial charge on any atom is -0.361 e. The number of amides is 6. The molecule has 8 atom stereocenters. The third kappa shape index (κ3) is 14.6. The number of fused-ring (bicyclic) bond motifs is 1. The molecule has 0 spiro atoms. The molecule has 1 fully saturated rings. The van der Waals surface area contributed by atoms with E-state index >= 15 is 0 Å². The number of para-hydroxylation sites is 1. The maximum Gasteiger partial charge on any atom is 0.250 e. The van der Waals surface area contributed by atoms with Crippen molar-refractivity contribution in [1.82, 2.24) is 42.2 Å². The Hall–Kier alpha value is -4.94. The number of carbonyl (C=O) groups is 6. The Balaban J connectivity index is 2.19. The lowest BCUT2D eigenvalue weighted by atomic mass is 9.96. The first-order valence-corrected chi connectivity index (χ1v) is 22.0. The molecule has 61 heavy (non-hydrogen) atoms.